The van der Waals surface area contributed by atoms with Crippen LogP contribution in [0.2, 0.25) is 0 Å². The molecule has 3 aromatic rings. The lowest BCUT2D eigenvalue weighted by Crippen LogP contribution is -2.42. The number of aromatic nitrogens is 2. The van der Waals surface area contributed by atoms with E-state index >= 15 is 0 Å². The molecule has 0 amide bonds. The number of H-pyrrole nitrogens is 1. The molecule has 1 aromatic carbocycles. The number of pyridine rings is 2. The monoisotopic (exact) mass is 468 g/mol. The van der Waals surface area contributed by atoms with Crippen molar-refractivity contribution in [2.75, 3.05) is 27.4 Å². The first-order valence-corrected chi connectivity index (χ1v) is 11.3. The Kier molecular flexibility index (Phi) is 7.41. The lowest BCUT2D eigenvalue weighted by molar-refractivity contribution is 0.113. The number of nitrogens with one attached hydrogen (secondary N) is 2. The number of aromatic amines is 1. The Hall–Kier alpha value is -3.17. The Balaban J connectivity index is 1.60. The Bertz CT molecular complexity index is 1160. The van der Waals surface area contributed by atoms with Gasteiger partial charge in [0, 0.05) is 49.1 Å². The molecular formula is C24H28N4O4S. The van der Waals surface area contributed by atoms with E-state index in [1.807, 2.05) is 29.2 Å². The molecule has 4 rings (SSSR count). The van der Waals surface area contributed by atoms with Gasteiger partial charge in [-0.2, -0.15) is 0 Å². The molecule has 9 heteroatoms. The lowest BCUT2D eigenvalue weighted by Gasteiger charge is -2.26. The van der Waals surface area contributed by atoms with Crippen LogP contribution in [0.1, 0.15) is 24.0 Å². The number of thiocarbonyl (C=S) groups is 1. The third-order valence-electron chi connectivity index (χ3n) is 5.67. The highest BCUT2D eigenvalue weighted by molar-refractivity contribution is 7.80. The fraction of sp³-hybridized carbons (Fsp3) is 0.375. The summed E-state index contributed by atoms with van der Waals surface area (Å²) >= 11 is 5.71. The Morgan fingerprint density at radius 1 is 1.27 bits per heavy atom. The number of methoxy groups -OCH3 is 2. The van der Waals surface area contributed by atoms with E-state index in [0.717, 1.165) is 30.4 Å². The van der Waals surface area contributed by atoms with Gasteiger partial charge in [-0.15, -0.1) is 0 Å². The summed E-state index contributed by atoms with van der Waals surface area (Å²) in [6.45, 7) is 2.30. The van der Waals surface area contributed by atoms with Crippen molar-refractivity contribution in [3.05, 3.63) is 64.2 Å². The molecule has 1 aliphatic heterocycles. The van der Waals surface area contributed by atoms with Crippen molar-refractivity contribution >= 4 is 28.2 Å². The molecule has 2 N–H and O–H groups in total. The predicted octanol–water partition coefficient (Wildman–Crippen LogP) is 3.00. The minimum absolute atomic E-state index is 0.162. The van der Waals surface area contributed by atoms with Gasteiger partial charge in [-0.3, -0.25) is 9.78 Å². The smallest absolute Gasteiger partial charge is 0.253 e. The quantitative estimate of drug-likeness (QED) is 0.488. The minimum atomic E-state index is -0.173. The van der Waals surface area contributed by atoms with Crippen molar-refractivity contribution in [3.63, 3.8) is 0 Å². The second-order valence-corrected chi connectivity index (χ2v) is 8.34. The van der Waals surface area contributed by atoms with E-state index in [1.54, 1.807) is 32.7 Å². The van der Waals surface area contributed by atoms with E-state index in [9.17, 15) is 4.79 Å². The van der Waals surface area contributed by atoms with E-state index in [4.69, 9.17) is 26.4 Å². The third kappa shape index (κ3) is 5.61. The van der Waals surface area contributed by atoms with Crippen molar-refractivity contribution in [1.82, 2.24) is 20.2 Å². The molecule has 3 heterocycles. The number of ether oxygens (including phenoxy) is 3. The SMILES string of the molecule is COc1cc2cc(CN(Cc3cccnc3)C(=S)NC[C@@H]3CCCO3)c(=O)[nH]c2cc1OC. The number of hydrogen-bond donors (Lipinski definition) is 2. The number of fused-ring (bicyclic) bond motifs is 1. The van der Waals surface area contributed by atoms with Gasteiger partial charge in [0.25, 0.3) is 5.56 Å². The van der Waals surface area contributed by atoms with E-state index in [-0.39, 0.29) is 11.7 Å². The van der Waals surface area contributed by atoms with Crippen LogP contribution in [0.3, 0.4) is 0 Å². The van der Waals surface area contributed by atoms with Crippen LogP contribution in [-0.4, -0.2) is 53.5 Å². The van der Waals surface area contributed by atoms with Crippen LogP contribution >= 0.6 is 12.2 Å². The van der Waals surface area contributed by atoms with Crippen LogP contribution in [0.15, 0.2) is 47.5 Å². The first kappa shape index (κ1) is 23.0. The normalized spacial score (nSPS) is 15.4. The van der Waals surface area contributed by atoms with Crippen molar-refractivity contribution in [1.29, 1.82) is 0 Å². The molecule has 0 bridgehead atoms. The summed E-state index contributed by atoms with van der Waals surface area (Å²) in [7, 11) is 3.15. The van der Waals surface area contributed by atoms with Crippen LogP contribution in [0.5, 0.6) is 11.5 Å². The molecule has 8 nitrogen and oxygen atoms in total. The van der Waals surface area contributed by atoms with Crippen LogP contribution in [0.25, 0.3) is 10.9 Å². The molecule has 1 atom stereocenters. The molecule has 0 radical (unpaired) electrons. The van der Waals surface area contributed by atoms with Gasteiger partial charge < -0.3 is 29.4 Å². The standard InChI is InChI=1S/C24H28N4O4S/c1-30-21-10-17-9-18(23(29)27-20(17)11-22(21)31-2)15-28(14-16-5-3-7-25-12-16)24(33)26-13-19-6-4-8-32-19/h3,5,7,9-12,19H,4,6,8,13-15H2,1-2H3,(H,26,33)(H,27,29)/t19-/m0/s1. The molecule has 0 saturated carbocycles. The van der Waals surface area contributed by atoms with Crippen LogP contribution < -0.4 is 20.3 Å². The topological polar surface area (TPSA) is 88.7 Å². The molecule has 0 aliphatic carbocycles. The Morgan fingerprint density at radius 3 is 2.79 bits per heavy atom. The predicted molar refractivity (Wildman–Crippen MR) is 131 cm³/mol. The average molecular weight is 469 g/mol. The summed E-state index contributed by atoms with van der Waals surface area (Å²) < 4.78 is 16.5. The number of hydrogen-bond acceptors (Lipinski definition) is 6. The first-order valence-electron chi connectivity index (χ1n) is 10.9. The lowest BCUT2D eigenvalue weighted by atomic mass is 10.1. The molecule has 174 valence electrons. The highest BCUT2D eigenvalue weighted by Gasteiger charge is 2.19. The Morgan fingerprint density at radius 2 is 2.09 bits per heavy atom. The zero-order chi connectivity index (χ0) is 23.2. The maximum Gasteiger partial charge on any atom is 0.253 e. The number of nitrogens with zero attached hydrogens (tertiary/aromatic N) is 2. The molecule has 1 aliphatic rings. The molecular weight excluding hydrogens is 440 g/mol. The summed E-state index contributed by atoms with van der Waals surface area (Å²) in [6.07, 6.45) is 5.79. The maximum absolute atomic E-state index is 12.9. The molecule has 33 heavy (non-hydrogen) atoms. The first-order chi connectivity index (χ1) is 16.1. The van der Waals surface area contributed by atoms with Crippen molar-refractivity contribution < 1.29 is 14.2 Å². The molecule has 0 spiro atoms. The minimum Gasteiger partial charge on any atom is -0.493 e. The zero-order valence-corrected chi connectivity index (χ0v) is 19.6. The van der Waals surface area contributed by atoms with Crippen LogP contribution in [-0.2, 0) is 17.8 Å². The third-order valence-corrected chi connectivity index (χ3v) is 6.08. The summed E-state index contributed by atoms with van der Waals surface area (Å²) in [5, 5.41) is 4.74. The van der Waals surface area contributed by atoms with Gasteiger partial charge in [0.05, 0.1) is 32.4 Å². The second-order valence-electron chi connectivity index (χ2n) is 7.96. The second kappa shape index (κ2) is 10.6. The van der Waals surface area contributed by atoms with Gasteiger partial charge >= 0.3 is 0 Å². The Labute approximate surface area is 197 Å². The largest absolute Gasteiger partial charge is 0.493 e. The van der Waals surface area contributed by atoms with Crippen molar-refractivity contribution in [2.45, 2.75) is 32.0 Å². The van der Waals surface area contributed by atoms with Crippen molar-refractivity contribution in [3.8, 4) is 11.5 Å². The van der Waals surface area contributed by atoms with E-state index in [1.165, 1.54) is 0 Å². The van der Waals surface area contributed by atoms with Gasteiger partial charge in [-0.05, 0) is 48.8 Å². The zero-order valence-electron chi connectivity index (χ0n) is 18.8. The van der Waals surface area contributed by atoms with Crippen LogP contribution in [0, 0.1) is 0 Å². The van der Waals surface area contributed by atoms with Gasteiger partial charge in [0.1, 0.15) is 0 Å². The van der Waals surface area contributed by atoms with Gasteiger partial charge in [0.15, 0.2) is 16.6 Å². The number of benzene rings is 1. The number of rotatable bonds is 8. The molecule has 1 saturated heterocycles. The van der Waals surface area contributed by atoms with Crippen molar-refractivity contribution in [2.24, 2.45) is 0 Å². The van der Waals surface area contributed by atoms with Crippen LogP contribution in [0.4, 0.5) is 0 Å². The molecule has 1 fully saturated rings. The summed E-state index contributed by atoms with van der Waals surface area (Å²) in [5.41, 5.74) is 2.11. The van der Waals surface area contributed by atoms with Gasteiger partial charge in [-0.1, -0.05) is 6.07 Å². The van der Waals surface area contributed by atoms with Gasteiger partial charge in [-0.25, -0.2) is 0 Å². The van der Waals surface area contributed by atoms with E-state index in [0.29, 0.717) is 47.3 Å². The summed E-state index contributed by atoms with van der Waals surface area (Å²) in [5.74, 6) is 1.16. The maximum atomic E-state index is 12.9. The highest BCUT2D eigenvalue weighted by atomic mass is 32.1. The summed E-state index contributed by atoms with van der Waals surface area (Å²) in [6, 6.07) is 9.37. The molecule has 2 aromatic heterocycles. The highest BCUT2D eigenvalue weighted by Crippen LogP contribution is 2.31. The van der Waals surface area contributed by atoms with E-state index < -0.39 is 0 Å². The van der Waals surface area contributed by atoms with Gasteiger partial charge in [0.2, 0.25) is 0 Å². The summed E-state index contributed by atoms with van der Waals surface area (Å²) in [4.78, 5) is 22.0. The fourth-order valence-corrected chi connectivity index (χ4v) is 4.14. The fourth-order valence-electron chi connectivity index (χ4n) is 3.93. The average Bonchev–Trinajstić information content (AvgIpc) is 3.36. The molecule has 0 unspecified atom stereocenters. The van der Waals surface area contributed by atoms with E-state index in [2.05, 4.69) is 15.3 Å².